The van der Waals surface area contributed by atoms with Gasteiger partial charge in [0.2, 0.25) is 0 Å². The summed E-state index contributed by atoms with van der Waals surface area (Å²) in [7, 11) is 0. The zero-order valence-corrected chi connectivity index (χ0v) is 14.1. The minimum absolute atomic E-state index is 0. The third kappa shape index (κ3) is 7.72. The van der Waals surface area contributed by atoms with Crippen molar-refractivity contribution in [1.29, 1.82) is 0 Å². The van der Waals surface area contributed by atoms with E-state index in [9.17, 15) is 13.2 Å². The van der Waals surface area contributed by atoms with E-state index in [4.69, 9.17) is 10.8 Å². The summed E-state index contributed by atoms with van der Waals surface area (Å²) >= 11 is 0. The Morgan fingerprint density at radius 2 is 1.75 bits per heavy atom. The van der Waals surface area contributed by atoms with Crippen LogP contribution in [0.4, 0.5) is 13.2 Å². The molecular formula is C14H19F3NOY-. The second-order valence-electron chi connectivity index (χ2n) is 4.75. The van der Waals surface area contributed by atoms with Crippen molar-refractivity contribution in [3.63, 3.8) is 0 Å². The number of rotatable bonds is 1. The molecule has 2 unspecified atom stereocenters. The molecule has 0 bridgehead atoms. The first-order valence-corrected chi connectivity index (χ1v) is 6.36. The predicted molar refractivity (Wildman–Crippen MR) is 68.5 cm³/mol. The summed E-state index contributed by atoms with van der Waals surface area (Å²) in [5.41, 5.74) is 8.15. The SMILES string of the molecule is OCc1ccccc1.[NH-]C1CCCC(C(F)(F)F)C1.[Y]. The number of benzene rings is 1. The van der Waals surface area contributed by atoms with E-state index in [1.165, 1.54) is 0 Å². The van der Waals surface area contributed by atoms with Gasteiger partial charge < -0.3 is 10.8 Å². The number of alkyl halides is 3. The molecule has 0 aromatic heterocycles. The van der Waals surface area contributed by atoms with Crippen LogP contribution < -0.4 is 0 Å². The molecule has 0 aliphatic heterocycles. The molecule has 1 aliphatic carbocycles. The van der Waals surface area contributed by atoms with E-state index in [0.29, 0.717) is 12.8 Å². The Morgan fingerprint density at radius 3 is 2.10 bits per heavy atom. The summed E-state index contributed by atoms with van der Waals surface area (Å²) in [6.45, 7) is 0.140. The quantitative estimate of drug-likeness (QED) is 0.793. The Morgan fingerprint density at radius 1 is 1.15 bits per heavy atom. The van der Waals surface area contributed by atoms with Crippen LogP contribution in [0.5, 0.6) is 0 Å². The van der Waals surface area contributed by atoms with Gasteiger partial charge in [0.25, 0.3) is 0 Å². The van der Waals surface area contributed by atoms with Gasteiger partial charge in [-0.15, -0.1) is 6.04 Å². The van der Waals surface area contributed by atoms with Crippen LogP contribution in [-0.2, 0) is 39.3 Å². The van der Waals surface area contributed by atoms with Crippen molar-refractivity contribution in [2.45, 2.75) is 44.5 Å². The number of halogens is 3. The van der Waals surface area contributed by atoms with Gasteiger partial charge in [-0.1, -0.05) is 49.6 Å². The molecule has 20 heavy (non-hydrogen) atoms. The van der Waals surface area contributed by atoms with Crippen LogP contribution in [0.25, 0.3) is 5.73 Å². The van der Waals surface area contributed by atoms with Crippen molar-refractivity contribution in [2.75, 3.05) is 0 Å². The largest absolute Gasteiger partial charge is 0.675 e. The fraction of sp³-hybridized carbons (Fsp3) is 0.571. The fourth-order valence-electron chi connectivity index (χ4n) is 2.07. The predicted octanol–water partition coefficient (Wildman–Crippen LogP) is 4.34. The van der Waals surface area contributed by atoms with Gasteiger partial charge in [-0.25, -0.2) is 0 Å². The smallest absolute Gasteiger partial charge is 0.391 e. The summed E-state index contributed by atoms with van der Waals surface area (Å²) < 4.78 is 36.1. The first kappa shape index (κ1) is 20.0. The minimum Gasteiger partial charge on any atom is -0.675 e. The Kier molecular flexibility index (Phi) is 9.89. The Labute approximate surface area is 142 Å². The monoisotopic (exact) mass is 363 g/mol. The van der Waals surface area contributed by atoms with E-state index in [2.05, 4.69) is 0 Å². The fourth-order valence-corrected chi connectivity index (χ4v) is 2.07. The number of aliphatic hydroxyl groups is 1. The van der Waals surface area contributed by atoms with Crippen LogP contribution in [0.15, 0.2) is 30.3 Å². The first-order chi connectivity index (χ1) is 8.93. The second kappa shape index (κ2) is 9.88. The molecule has 1 aliphatic rings. The maximum absolute atomic E-state index is 12.0. The van der Waals surface area contributed by atoms with Crippen LogP contribution in [-0.4, -0.2) is 17.3 Å². The van der Waals surface area contributed by atoms with E-state index in [-0.39, 0.29) is 52.2 Å². The molecule has 1 radical (unpaired) electrons. The Bertz CT molecular complexity index is 359. The molecule has 2 nitrogen and oxygen atoms in total. The average molecular weight is 363 g/mol. The van der Waals surface area contributed by atoms with Crippen molar-refractivity contribution in [1.82, 2.24) is 0 Å². The topological polar surface area (TPSA) is 44.0 Å². The molecule has 0 spiro atoms. The molecule has 0 heterocycles. The molecule has 1 aromatic carbocycles. The molecule has 2 rings (SSSR count). The van der Waals surface area contributed by atoms with Gasteiger partial charge in [0, 0.05) is 32.7 Å². The van der Waals surface area contributed by atoms with Gasteiger partial charge in [-0.05, 0) is 12.0 Å². The van der Waals surface area contributed by atoms with Crippen LogP contribution in [0, 0.1) is 5.92 Å². The van der Waals surface area contributed by atoms with Crippen LogP contribution >= 0.6 is 0 Å². The standard InChI is InChI=1S/C7H11F3N.C7H8O.Y/c8-7(9,10)5-2-1-3-6(11)4-5;8-6-7-4-2-1-3-5-7;/h5-6,11H,1-4H2;1-5,8H,6H2;/q-1;;. The van der Waals surface area contributed by atoms with Crippen LogP contribution in [0.1, 0.15) is 31.2 Å². The molecule has 0 saturated heterocycles. The summed E-state index contributed by atoms with van der Waals surface area (Å²) in [5, 5.41) is 8.54. The molecule has 2 N–H and O–H groups in total. The number of hydrogen-bond donors (Lipinski definition) is 1. The summed E-state index contributed by atoms with van der Waals surface area (Å²) in [6.07, 6.45) is -2.66. The van der Waals surface area contributed by atoms with Gasteiger partial charge in [-0.3, -0.25) is 0 Å². The molecule has 6 heteroatoms. The second-order valence-corrected chi connectivity index (χ2v) is 4.75. The maximum Gasteiger partial charge on any atom is 0.391 e. The van der Waals surface area contributed by atoms with Crippen LogP contribution in [0.2, 0.25) is 0 Å². The third-order valence-corrected chi connectivity index (χ3v) is 3.16. The molecule has 1 fully saturated rings. The van der Waals surface area contributed by atoms with Gasteiger partial charge in [0.15, 0.2) is 0 Å². The van der Waals surface area contributed by atoms with Gasteiger partial charge >= 0.3 is 6.18 Å². The van der Waals surface area contributed by atoms with Gasteiger partial charge in [0.1, 0.15) is 0 Å². The van der Waals surface area contributed by atoms with Gasteiger partial charge in [0.05, 0.1) is 12.5 Å². The zero-order chi connectivity index (χ0) is 14.3. The number of hydrogen-bond acceptors (Lipinski definition) is 1. The van der Waals surface area contributed by atoms with Crippen molar-refractivity contribution >= 4 is 0 Å². The normalized spacial score (nSPS) is 22.2. The molecule has 0 amide bonds. The number of nitrogens with one attached hydrogen (secondary N) is 1. The van der Waals surface area contributed by atoms with Crippen molar-refractivity contribution in [3.05, 3.63) is 41.6 Å². The third-order valence-electron chi connectivity index (χ3n) is 3.16. The number of aliphatic hydroxyl groups excluding tert-OH is 1. The van der Waals surface area contributed by atoms with Crippen molar-refractivity contribution in [3.8, 4) is 0 Å². The van der Waals surface area contributed by atoms with Crippen LogP contribution in [0.3, 0.4) is 0 Å². The van der Waals surface area contributed by atoms with Crippen molar-refractivity contribution in [2.24, 2.45) is 5.92 Å². The molecule has 1 saturated carbocycles. The average Bonchev–Trinajstić information content (AvgIpc) is 2.39. The summed E-state index contributed by atoms with van der Waals surface area (Å²) in [6, 6.07) is 9.03. The molecule has 1 aromatic rings. The first-order valence-electron chi connectivity index (χ1n) is 6.36. The summed E-state index contributed by atoms with van der Waals surface area (Å²) in [5.74, 6) is -1.21. The van der Waals surface area contributed by atoms with Gasteiger partial charge in [-0.2, -0.15) is 13.2 Å². The molecule has 111 valence electrons. The zero-order valence-electron chi connectivity index (χ0n) is 11.2. The van der Waals surface area contributed by atoms with E-state index < -0.39 is 18.1 Å². The minimum atomic E-state index is -4.07. The summed E-state index contributed by atoms with van der Waals surface area (Å²) in [4.78, 5) is 0. The Balaban J connectivity index is 0.000000359. The van der Waals surface area contributed by atoms with E-state index in [0.717, 1.165) is 5.56 Å². The molecular weight excluding hydrogens is 344 g/mol. The van der Waals surface area contributed by atoms with Crippen molar-refractivity contribution < 1.29 is 51.0 Å². The Hall–Kier alpha value is 0.0339. The molecule has 2 atom stereocenters. The maximum atomic E-state index is 12.0. The van der Waals surface area contributed by atoms with E-state index in [1.807, 2.05) is 30.3 Å². The van der Waals surface area contributed by atoms with E-state index >= 15 is 0 Å². The van der Waals surface area contributed by atoms with E-state index in [1.54, 1.807) is 0 Å².